The summed E-state index contributed by atoms with van der Waals surface area (Å²) < 4.78 is 10.8. The van der Waals surface area contributed by atoms with Crippen LogP contribution in [0.3, 0.4) is 0 Å². The Labute approximate surface area is 131 Å². The molecule has 1 heterocycles. The lowest BCUT2D eigenvalue weighted by Crippen LogP contribution is -2.60. The van der Waals surface area contributed by atoms with Gasteiger partial charge < -0.3 is 35.0 Å². The lowest BCUT2D eigenvalue weighted by atomic mass is 9.99. The maximum Gasteiger partial charge on any atom is 0.229 e. The fraction of sp³-hybridized carbons (Fsp3) is 0.375. The first-order valence-electron chi connectivity index (χ1n) is 7.19. The lowest BCUT2D eigenvalue weighted by Gasteiger charge is -2.39. The van der Waals surface area contributed by atoms with Gasteiger partial charge >= 0.3 is 0 Å². The zero-order valence-electron chi connectivity index (χ0n) is 12.1. The Hall–Kier alpha value is -1.90. The van der Waals surface area contributed by atoms with Crippen LogP contribution in [0.15, 0.2) is 36.4 Å². The highest BCUT2D eigenvalue weighted by atomic mass is 16.7. The largest absolute Gasteiger partial charge is 0.508 e. The summed E-state index contributed by atoms with van der Waals surface area (Å²) in [6.07, 6.45) is -6.60. The molecule has 5 atom stereocenters. The molecule has 0 saturated carbocycles. The molecule has 0 radical (unpaired) electrons. The van der Waals surface area contributed by atoms with E-state index >= 15 is 0 Å². The van der Waals surface area contributed by atoms with Gasteiger partial charge in [-0.2, -0.15) is 0 Å². The van der Waals surface area contributed by atoms with Gasteiger partial charge in [-0.15, -0.1) is 0 Å². The Morgan fingerprint density at radius 2 is 1.61 bits per heavy atom. The van der Waals surface area contributed by atoms with Crippen LogP contribution < -0.4 is 4.74 Å². The first kappa shape index (κ1) is 16.0. The molecular formula is C16H18O7. The van der Waals surface area contributed by atoms with Gasteiger partial charge in [0, 0.05) is 0 Å². The summed E-state index contributed by atoms with van der Waals surface area (Å²) in [5.74, 6) is 0.535. The molecule has 0 aromatic heterocycles. The molecule has 124 valence electrons. The van der Waals surface area contributed by atoms with E-state index in [1.54, 1.807) is 36.4 Å². The van der Waals surface area contributed by atoms with Gasteiger partial charge in [0.25, 0.3) is 0 Å². The molecule has 0 aliphatic carbocycles. The molecule has 5 N–H and O–H groups in total. The summed E-state index contributed by atoms with van der Waals surface area (Å²) in [4.78, 5) is 0. The highest BCUT2D eigenvalue weighted by molar-refractivity contribution is 5.85. The second kappa shape index (κ2) is 6.31. The van der Waals surface area contributed by atoms with Gasteiger partial charge in [-0.1, -0.05) is 12.1 Å². The van der Waals surface area contributed by atoms with Crippen molar-refractivity contribution in [2.24, 2.45) is 0 Å². The number of ether oxygens (including phenoxy) is 2. The molecular weight excluding hydrogens is 304 g/mol. The van der Waals surface area contributed by atoms with Crippen molar-refractivity contribution in [3.63, 3.8) is 0 Å². The van der Waals surface area contributed by atoms with Crippen LogP contribution in [0.2, 0.25) is 0 Å². The first-order chi connectivity index (χ1) is 11.0. The molecule has 2 aromatic carbocycles. The number of aromatic hydroxyl groups is 1. The van der Waals surface area contributed by atoms with Crippen molar-refractivity contribution in [3.8, 4) is 11.5 Å². The van der Waals surface area contributed by atoms with E-state index < -0.39 is 37.3 Å². The Bertz CT molecular complexity index is 687. The second-order valence-electron chi connectivity index (χ2n) is 5.51. The highest BCUT2D eigenvalue weighted by Gasteiger charge is 2.44. The first-order valence-corrected chi connectivity index (χ1v) is 7.19. The van der Waals surface area contributed by atoms with Gasteiger partial charge in [0.2, 0.25) is 6.29 Å². The summed E-state index contributed by atoms with van der Waals surface area (Å²) in [6.45, 7) is -0.512. The topological polar surface area (TPSA) is 120 Å². The van der Waals surface area contributed by atoms with Crippen molar-refractivity contribution in [1.82, 2.24) is 0 Å². The summed E-state index contributed by atoms with van der Waals surface area (Å²) in [5, 5.41) is 49.7. The predicted molar refractivity (Wildman–Crippen MR) is 80.0 cm³/mol. The van der Waals surface area contributed by atoms with Gasteiger partial charge in [0.15, 0.2) is 0 Å². The molecule has 3 rings (SSSR count). The Morgan fingerprint density at radius 3 is 2.35 bits per heavy atom. The SMILES string of the molecule is OC[C@H]1O[C@H](Oc2ccc3cc(O)ccc3c2)[C@H](O)[C@@H](O)[C@@H]1O. The van der Waals surface area contributed by atoms with E-state index in [0.29, 0.717) is 5.75 Å². The van der Waals surface area contributed by atoms with Crippen LogP contribution in [0, 0.1) is 0 Å². The summed E-state index contributed by atoms with van der Waals surface area (Å²) in [5.41, 5.74) is 0. The van der Waals surface area contributed by atoms with Crippen molar-refractivity contribution in [2.45, 2.75) is 30.7 Å². The van der Waals surface area contributed by atoms with Gasteiger partial charge in [-0.3, -0.25) is 0 Å². The van der Waals surface area contributed by atoms with Gasteiger partial charge in [0.1, 0.15) is 35.9 Å². The van der Waals surface area contributed by atoms with Crippen molar-refractivity contribution in [2.75, 3.05) is 6.61 Å². The molecule has 7 heteroatoms. The lowest BCUT2D eigenvalue weighted by molar-refractivity contribution is -0.277. The third-order valence-corrected chi connectivity index (χ3v) is 3.90. The number of hydrogen-bond donors (Lipinski definition) is 5. The number of rotatable bonds is 3. The molecule has 0 amide bonds. The predicted octanol–water partition coefficient (Wildman–Crippen LogP) is -0.276. The van der Waals surface area contributed by atoms with Gasteiger partial charge in [0.05, 0.1) is 6.61 Å². The number of phenolic OH excluding ortho intramolecular Hbond substituents is 1. The molecule has 1 saturated heterocycles. The molecule has 1 aliphatic rings. The quantitative estimate of drug-likeness (QED) is 0.527. The maximum absolute atomic E-state index is 9.96. The second-order valence-corrected chi connectivity index (χ2v) is 5.51. The van der Waals surface area contributed by atoms with Crippen LogP contribution in [0.4, 0.5) is 0 Å². The number of phenols is 1. The summed E-state index contributed by atoms with van der Waals surface area (Å²) >= 11 is 0. The van der Waals surface area contributed by atoms with Crippen LogP contribution in [-0.4, -0.2) is 62.8 Å². The zero-order valence-corrected chi connectivity index (χ0v) is 12.1. The number of fused-ring (bicyclic) bond motifs is 1. The zero-order chi connectivity index (χ0) is 16.6. The third-order valence-electron chi connectivity index (χ3n) is 3.90. The third kappa shape index (κ3) is 3.10. The molecule has 7 nitrogen and oxygen atoms in total. The average molecular weight is 322 g/mol. The standard InChI is InChI=1S/C16H18O7/c17-7-12-13(19)14(20)15(21)16(23-12)22-11-4-2-8-5-10(18)3-1-9(8)6-11/h1-6,12-21H,7H2/t12-,13-,14+,15-,16+/m1/s1. The van der Waals surface area contributed by atoms with E-state index in [1.165, 1.54) is 0 Å². The van der Waals surface area contributed by atoms with Crippen molar-refractivity contribution < 1.29 is 35.0 Å². The van der Waals surface area contributed by atoms with Gasteiger partial charge in [-0.25, -0.2) is 0 Å². The molecule has 0 bridgehead atoms. The molecule has 1 fully saturated rings. The van der Waals surface area contributed by atoms with E-state index in [9.17, 15) is 20.4 Å². The molecule has 0 spiro atoms. The number of hydrogen-bond acceptors (Lipinski definition) is 7. The summed E-state index contributed by atoms with van der Waals surface area (Å²) in [7, 11) is 0. The van der Waals surface area contributed by atoms with Crippen molar-refractivity contribution in [3.05, 3.63) is 36.4 Å². The minimum absolute atomic E-state index is 0.153. The monoisotopic (exact) mass is 322 g/mol. The number of benzene rings is 2. The van der Waals surface area contributed by atoms with Crippen molar-refractivity contribution in [1.29, 1.82) is 0 Å². The molecule has 23 heavy (non-hydrogen) atoms. The molecule has 0 unspecified atom stereocenters. The van der Waals surface area contributed by atoms with Gasteiger partial charge in [-0.05, 0) is 35.0 Å². The minimum Gasteiger partial charge on any atom is -0.508 e. The smallest absolute Gasteiger partial charge is 0.229 e. The molecule has 1 aliphatic heterocycles. The van der Waals surface area contributed by atoms with E-state index in [1.807, 2.05) is 0 Å². The fourth-order valence-corrected chi connectivity index (χ4v) is 2.58. The van der Waals surface area contributed by atoms with E-state index in [0.717, 1.165) is 10.8 Å². The highest BCUT2D eigenvalue weighted by Crippen LogP contribution is 2.28. The minimum atomic E-state index is -1.48. The van der Waals surface area contributed by atoms with Crippen LogP contribution in [0.5, 0.6) is 11.5 Å². The Morgan fingerprint density at radius 1 is 0.913 bits per heavy atom. The molecule has 2 aromatic rings. The van der Waals surface area contributed by atoms with Crippen LogP contribution in [0.25, 0.3) is 10.8 Å². The van der Waals surface area contributed by atoms with Crippen molar-refractivity contribution >= 4 is 10.8 Å². The van der Waals surface area contributed by atoms with E-state index in [4.69, 9.17) is 14.6 Å². The summed E-state index contributed by atoms with van der Waals surface area (Å²) in [6, 6.07) is 9.91. The maximum atomic E-state index is 9.96. The average Bonchev–Trinajstić information content (AvgIpc) is 2.55. The number of aliphatic hydroxyl groups is 4. The fourth-order valence-electron chi connectivity index (χ4n) is 2.58. The normalized spacial score (nSPS) is 31.2. The Kier molecular flexibility index (Phi) is 4.38. The van der Waals surface area contributed by atoms with Crippen LogP contribution >= 0.6 is 0 Å². The van der Waals surface area contributed by atoms with E-state index in [-0.39, 0.29) is 5.75 Å². The van der Waals surface area contributed by atoms with Crippen LogP contribution in [0.1, 0.15) is 0 Å². The Balaban J connectivity index is 1.81. The van der Waals surface area contributed by atoms with E-state index in [2.05, 4.69) is 0 Å². The van der Waals surface area contributed by atoms with Crippen LogP contribution in [-0.2, 0) is 4.74 Å². The number of aliphatic hydroxyl groups excluding tert-OH is 4.